The number of nitrogens with zero attached hydrogens (tertiary/aromatic N) is 2. The Labute approximate surface area is 149 Å². The molecule has 0 radical (unpaired) electrons. The Kier molecular flexibility index (Phi) is 10.6. The number of aliphatic imine (C=N–C) groups is 1. The van der Waals surface area contributed by atoms with Crippen molar-refractivity contribution in [1.82, 2.24) is 5.32 Å². The van der Waals surface area contributed by atoms with E-state index in [9.17, 15) is 4.79 Å². The van der Waals surface area contributed by atoms with Gasteiger partial charge >= 0.3 is 0 Å². The standard InChI is InChI=1S/C20H37N3O/c1-4-6-7-8-9-10-11-12-13-14-20-22-16-18-23(20,5-2)17-15-21-19(3)24/h6-7H,4-5,8-18H2,1-3H3/p+1/b7-6+. The van der Waals surface area contributed by atoms with Crippen LogP contribution in [0.25, 0.3) is 0 Å². The van der Waals surface area contributed by atoms with Crippen molar-refractivity contribution in [2.45, 2.75) is 72.1 Å². The Balaban J connectivity index is 2.22. The summed E-state index contributed by atoms with van der Waals surface area (Å²) in [6.45, 7) is 10.9. The molecule has 1 aliphatic heterocycles. The van der Waals surface area contributed by atoms with Gasteiger partial charge in [0, 0.05) is 13.3 Å². The molecule has 1 N–H and O–H groups in total. The van der Waals surface area contributed by atoms with Gasteiger partial charge in [0.1, 0.15) is 13.1 Å². The molecule has 4 nitrogen and oxygen atoms in total. The van der Waals surface area contributed by atoms with Crippen molar-refractivity contribution in [1.29, 1.82) is 0 Å². The van der Waals surface area contributed by atoms with Crippen molar-refractivity contribution >= 4 is 11.7 Å². The van der Waals surface area contributed by atoms with Gasteiger partial charge in [-0.2, -0.15) is 0 Å². The van der Waals surface area contributed by atoms with Crippen molar-refractivity contribution in [3.05, 3.63) is 12.2 Å². The zero-order chi connectivity index (χ0) is 17.7. The lowest BCUT2D eigenvalue weighted by Gasteiger charge is -2.33. The molecule has 0 aromatic carbocycles. The third-order valence-electron chi connectivity index (χ3n) is 5.06. The van der Waals surface area contributed by atoms with Gasteiger partial charge in [0.05, 0.1) is 19.6 Å². The summed E-state index contributed by atoms with van der Waals surface area (Å²) in [5.74, 6) is 1.43. The number of allylic oxidation sites excluding steroid dienone is 2. The van der Waals surface area contributed by atoms with Crippen LogP contribution in [0.2, 0.25) is 0 Å². The molecular formula is C20H38N3O+. The first-order valence-corrected chi connectivity index (χ1v) is 9.94. The zero-order valence-corrected chi connectivity index (χ0v) is 16.1. The van der Waals surface area contributed by atoms with Gasteiger partial charge in [-0.15, -0.1) is 0 Å². The molecule has 4 heteroatoms. The number of rotatable bonds is 13. The van der Waals surface area contributed by atoms with Crippen LogP contribution in [0.5, 0.6) is 0 Å². The lowest BCUT2D eigenvalue weighted by atomic mass is 10.1. The quantitative estimate of drug-likeness (QED) is 0.307. The van der Waals surface area contributed by atoms with Gasteiger partial charge in [-0.05, 0) is 32.6 Å². The minimum Gasteiger partial charge on any atom is -0.351 e. The van der Waals surface area contributed by atoms with E-state index in [1.165, 1.54) is 44.4 Å². The normalized spacial score (nSPS) is 20.5. The molecular weight excluding hydrogens is 298 g/mol. The Morgan fingerprint density at radius 2 is 1.92 bits per heavy atom. The first kappa shape index (κ1) is 20.9. The maximum atomic E-state index is 11.1. The van der Waals surface area contributed by atoms with Crippen LogP contribution in [0.4, 0.5) is 0 Å². The molecule has 0 aromatic rings. The number of hydrogen-bond donors (Lipinski definition) is 1. The number of carbonyl (C=O) groups is 1. The highest BCUT2D eigenvalue weighted by Crippen LogP contribution is 2.19. The Morgan fingerprint density at radius 3 is 2.62 bits per heavy atom. The SMILES string of the molecule is CC/C=C/CCCCCCCC1=NCC[N+]1(CC)CCNC(C)=O. The minimum absolute atomic E-state index is 0.0655. The van der Waals surface area contributed by atoms with Gasteiger partial charge in [0.15, 0.2) is 5.84 Å². The largest absolute Gasteiger partial charge is 0.351 e. The molecule has 0 aliphatic carbocycles. The lowest BCUT2D eigenvalue weighted by Crippen LogP contribution is -2.54. The highest BCUT2D eigenvalue weighted by Gasteiger charge is 2.35. The van der Waals surface area contributed by atoms with E-state index in [2.05, 4.69) is 31.3 Å². The zero-order valence-electron chi connectivity index (χ0n) is 16.1. The molecule has 1 heterocycles. The second-order valence-electron chi connectivity index (χ2n) is 6.88. The van der Waals surface area contributed by atoms with Crippen LogP contribution >= 0.6 is 0 Å². The summed E-state index contributed by atoms with van der Waals surface area (Å²) in [5, 5.41) is 2.94. The number of amidine groups is 1. The van der Waals surface area contributed by atoms with E-state index in [-0.39, 0.29) is 5.91 Å². The predicted molar refractivity (Wildman–Crippen MR) is 103 cm³/mol. The van der Waals surface area contributed by atoms with E-state index in [0.717, 1.165) is 50.0 Å². The summed E-state index contributed by atoms with van der Waals surface area (Å²) in [6, 6.07) is 0. The number of hydrogen-bond acceptors (Lipinski definition) is 2. The Morgan fingerprint density at radius 1 is 1.17 bits per heavy atom. The summed E-state index contributed by atoms with van der Waals surface area (Å²) >= 11 is 0. The molecule has 1 atom stereocenters. The van der Waals surface area contributed by atoms with Gasteiger partial charge in [-0.1, -0.05) is 38.3 Å². The number of quaternary nitrogens is 1. The van der Waals surface area contributed by atoms with Crippen LogP contribution in [-0.2, 0) is 4.79 Å². The summed E-state index contributed by atoms with van der Waals surface area (Å²) in [4.78, 5) is 15.9. The van der Waals surface area contributed by atoms with Crippen molar-refractivity contribution in [3.63, 3.8) is 0 Å². The number of nitrogens with one attached hydrogen (secondary N) is 1. The second-order valence-corrected chi connectivity index (χ2v) is 6.88. The van der Waals surface area contributed by atoms with Crippen LogP contribution in [0.1, 0.15) is 72.1 Å². The van der Waals surface area contributed by atoms with Crippen molar-refractivity contribution in [3.8, 4) is 0 Å². The second kappa shape index (κ2) is 12.2. The number of amides is 1. The smallest absolute Gasteiger partial charge is 0.217 e. The third-order valence-corrected chi connectivity index (χ3v) is 5.06. The van der Waals surface area contributed by atoms with E-state index >= 15 is 0 Å². The van der Waals surface area contributed by atoms with Crippen LogP contribution in [-0.4, -0.2) is 48.9 Å². The van der Waals surface area contributed by atoms with E-state index in [4.69, 9.17) is 4.99 Å². The molecule has 0 saturated heterocycles. The summed E-state index contributed by atoms with van der Waals surface area (Å²) in [6.07, 6.45) is 14.7. The molecule has 0 saturated carbocycles. The summed E-state index contributed by atoms with van der Waals surface area (Å²) in [5.41, 5.74) is 0. The molecule has 0 spiro atoms. The summed E-state index contributed by atoms with van der Waals surface area (Å²) < 4.78 is 0.988. The van der Waals surface area contributed by atoms with E-state index in [1.807, 2.05) is 0 Å². The van der Waals surface area contributed by atoms with Crippen LogP contribution in [0.15, 0.2) is 17.1 Å². The van der Waals surface area contributed by atoms with Gasteiger partial charge in [-0.25, -0.2) is 4.99 Å². The third kappa shape index (κ3) is 7.61. The molecule has 0 bridgehead atoms. The van der Waals surface area contributed by atoms with Crippen molar-refractivity contribution in [2.75, 3.05) is 32.7 Å². The van der Waals surface area contributed by atoms with Crippen LogP contribution in [0.3, 0.4) is 0 Å². The Bertz CT molecular complexity index is 417. The highest BCUT2D eigenvalue weighted by atomic mass is 16.1. The fraction of sp³-hybridized carbons (Fsp3) is 0.800. The fourth-order valence-corrected chi connectivity index (χ4v) is 3.51. The van der Waals surface area contributed by atoms with E-state index < -0.39 is 0 Å². The molecule has 1 amide bonds. The summed E-state index contributed by atoms with van der Waals surface area (Å²) in [7, 11) is 0. The van der Waals surface area contributed by atoms with Crippen molar-refractivity contribution < 1.29 is 9.28 Å². The number of carbonyl (C=O) groups excluding carboxylic acids is 1. The minimum atomic E-state index is 0.0655. The maximum absolute atomic E-state index is 11.1. The van der Waals surface area contributed by atoms with E-state index in [0.29, 0.717) is 0 Å². The average Bonchev–Trinajstić information content (AvgIpc) is 2.96. The highest BCUT2D eigenvalue weighted by molar-refractivity contribution is 5.77. The molecule has 0 fully saturated rings. The van der Waals surface area contributed by atoms with Gasteiger partial charge in [0.2, 0.25) is 5.91 Å². The molecule has 1 unspecified atom stereocenters. The fourth-order valence-electron chi connectivity index (χ4n) is 3.51. The van der Waals surface area contributed by atoms with Crippen LogP contribution < -0.4 is 5.32 Å². The molecule has 0 aromatic heterocycles. The lowest BCUT2D eigenvalue weighted by molar-refractivity contribution is -0.833. The molecule has 1 rings (SSSR count). The maximum Gasteiger partial charge on any atom is 0.217 e. The Hall–Kier alpha value is -1.16. The van der Waals surface area contributed by atoms with Gasteiger partial charge in [0.25, 0.3) is 0 Å². The van der Waals surface area contributed by atoms with Crippen molar-refractivity contribution in [2.24, 2.45) is 4.99 Å². The first-order valence-electron chi connectivity index (χ1n) is 9.94. The van der Waals surface area contributed by atoms with E-state index in [1.54, 1.807) is 6.92 Å². The molecule has 138 valence electrons. The number of likely N-dealkylation sites (N-methyl/N-ethyl adjacent to an activating group) is 1. The number of unbranched alkanes of at least 4 members (excludes halogenated alkanes) is 5. The predicted octanol–water partition coefficient (Wildman–Crippen LogP) is 4.07. The van der Waals surface area contributed by atoms with Gasteiger partial charge in [-0.3, -0.25) is 9.28 Å². The monoisotopic (exact) mass is 336 g/mol. The van der Waals surface area contributed by atoms with Crippen LogP contribution in [0, 0.1) is 0 Å². The molecule has 1 aliphatic rings. The van der Waals surface area contributed by atoms with Gasteiger partial charge < -0.3 is 5.32 Å². The molecule has 24 heavy (non-hydrogen) atoms. The average molecular weight is 337 g/mol. The first-order chi connectivity index (χ1) is 11.6. The topological polar surface area (TPSA) is 41.5 Å².